The standard InChI is InChI=1S/C11H10N4OS2/c16-9-6-4-5-2-1-3-18-8(5)7(6)12-10-13-14-11(17)15(9)10/h1-4H2,(H,12,13)(H,14,17). The highest BCUT2D eigenvalue weighted by Gasteiger charge is 2.29. The van der Waals surface area contributed by atoms with Gasteiger partial charge in [0.15, 0.2) is 0 Å². The Morgan fingerprint density at radius 2 is 2.28 bits per heavy atom. The number of allylic oxidation sites excluding steroid dienone is 1. The molecule has 0 radical (unpaired) electrons. The first-order chi connectivity index (χ1) is 8.75. The number of nitrogens with zero attached hydrogens (tertiary/aromatic N) is 2. The van der Waals surface area contributed by atoms with Crippen LogP contribution in [0.25, 0.3) is 10.7 Å². The Morgan fingerprint density at radius 3 is 3.17 bits per heavy atom. The molecule has 4 rings (SSSR count). The van der Waals surface area contributed by atoms with Crippen LogP contribution < -0.4 is 5.56 Å². The molecule has 1 aliphatic heterocycles. The monoisotopic (exact) mass is 278 g/mol. The summed E-state index contributed by atoms with van der Waals surface area (Å²) in [4.78, 5) is 18.2. The van der Waals surface area contributed by atoms with Crippen molar-refractivity contribution in [3.63, 3.8) is 0 Å². The normalized spacial score (nSPS) is 18.2. The molecule has 2 aromatic rings. The molecule has 0 spiro atoms. The number of hydrogen-bond donors (Lipinski definition) is 2. The molecule has 0 aromatic carbocycles. The quantitative estimate of drug-likeness (QED) is 0.722. The third-order valence-corrected chi connectivity index (χ3v) is 5.00. The third-order valence-electron chi connectivity index (χ3n) is 3.46. The Kier molecular flexibility index (Phi) is 2.10. The number of rotatable bonds is 0. The Morgan fingerprint density at radius 1 is 1.39 bits per heavy atom. The van der Waals surface area contributed by atoms with E-state index in [2.05, 4.69) is 15.2 Å². The summed E-state index contributed by atoms with van der Waals surface area (Å²) in [6.45, 7) is 0. The highest BCUT2D eigenvalue weighted by atomic mass is 32.2. The lowest BCUT2D eigenvalue weighted by Gasteiger charge is -2.12. The second kappa shape index (κ2) is 3.58. The van der Waals surface area contributed by atoms with Gasteiger partial charge >= 0.3 is 0 Å². The second-order valence-electron chi connectivity index (χ2n) is 4.52. The van der Waals surface area contributed by atoms with E-state index in [4.69, 9.17) is 12.2 Å². The van der Waals surface area contributed by atoms with Crippen LogP contribution in [0.2, 0.25) is 0 Å². The minimum absolute atomic E-state index is 0.0347. The fourth-order valence-electron chi connectivity index (χ4n) is 2.63. The van der Waals surface area contributed by atoms with Gasteiger partial charge in [-0.2, -0.15) is 0 Å². The summed E-state index contributed by atoms with van der Waals surface area (Å²) in [6.07, 6.45) is 3.02. The van der Waals surface area contributed by atoms with E-state index in [0.29, 0.717) is 10.5 Å². The zero-order valence-corrected chi connectivity index (χ0v) is 11.1. The van der Waals surface area contributed by atoms with Gasteiger partial charge in [0, 0.05) is 16.9 Å². The van der Waals surface area contributed by atoms with Crippen LogP contribution in [0.15, 0.2) is 10.4 Å². The van der Waals surface area contributed by atoms with Gasteiger partial charge in [0.2, 0.25) is 10.5 Å². The molecule has 0 unspecified atom stereocenters. The van der Waals surface area contributed by atoms with Crippen molar-refractivity contribution in [3.05, 3.63) is 32.0 Å². The van der Waals surface area contributed by atoms with E-state index in [9.17, 15) is 4.79 Å². The first kappa shape index (κ1) is 10.6. The average molecular weight is 278 g/mol. The topological polar surface area (TPSA) is 66.0 Å². The van der Waals surface area contributed by atoms with Crippen molar-refractivity contribution in [2.45, 2.75) is 19.3 Å². The summed E-state index contributed by atoms with van der Waals surface area (Å²) in [6, 6.07) is 0. The minimum Gasteiger partial charge on any atom is -0.273 e. The predicted molar refractivity (Wildman–Crippen MR) is 73.3 cm³/mol. The van der Waals surface area contributed by atoms with E-state index in [0.717, 1.165) is 29.9 Å². The van der Waals surface area contributed by atoms with Gasteiger partial charge in [-0.1, -0.05) is 0 Å². The molecule has 0 saturated carbocycles. The number of thioether (sulfide) groups is 1. The molecule has 0 amide bonds. The van der Waals surface area contributed by atoms with Crippen molar-refractivity contribution < 1.29 is 0 Å². The SMILES string of the molecule is O=c1c2c(nc3[nH][nH]c(=S)n13)C1=C(CCCS1)C2. The number of aromatic nitrogens is 4. The molecular formula is C11H10N4OS2. The van der Waals surface area contributed by atoms with Gasteiger partial charge in [0.05, 0.1) is 5.69 Å². The van der Waals surface area contributed by atoms with E-state index in [-0.39, 0.29) is 5.56 Å². The fourth-order valence-corrected chi connectivity index (χ4v) is 4.03. The first-order valence-corrected chi connectivity index (χ1v) is 7.22. The van der Waals surface area contributed by atoms with Gasteiger partial charge in [-0.05, 0) is 36.4 Å². The van der Waals surface area contributed by atoms with E-state index in [1.165, 1.54) is 21.3 Å². The maximum absolute atomic E-state index is 12.4. The predicted octanol–water partition coefficient (Wildman–Crippen LogP) is 1.87. The summed E-state index contributed by atoms with van der Waals surface area (Å²) in [5.74, 6) is 1.62. The largest absolute Gasteiger partial charge is 0.273 e. The molecule has 92 valence electrons. The Hall–Kier alpha value is -1.34. The number of H-pyrrole nitrogens is 2. The summed E-state index contributed by atoms with van der Waals surface area (Å²) in [5.41, 5.74) is 3.00. The van der Waals surface area contributed by atoms with Gasteiger partial charge in [-0.15, -0.1) is 11.8 Å². The molecule has 3 heterocycles. The molecule has 1 aliphatic carbocycles. The van der Waals surface area contributed by atoms with Crippen molar-refractivity contribution in [3.8, 4) is 0 Å². The van der Waals surface area contributed by atoms with Crippen LogP contribution in [0.3, 0.4) is 0 Å². The van der Waals surface area contributed by atoms with Crippen LogP contribution in [0.5, 0.6) is 0 Å². The van der Waals surface area contributed by atoms with Crippen molar-refractivity contribution in [2.24, 2.45) is 0 Å². The van der Waals surface area contributed by atoms with E-state index >= 15 is 0 Å². The molecule has 2 aliphatic rings. The van der Waals surface area contributed by atoms with Crippen LogP contribution in [0.4, 0.5) is 0 Å². The highest BCUT2D eigenvalue weighted by Crippen LogP contribution is 2.43. The summed E-state index contributed by atoms with van der Waals surface area (Å²) in [5, 5.41) is 5.60. The molecule has 7 heteroatoms. The second-order valence-corrected chi connectivity index (χ2v) is 6.01. The molecule has 0 bridgehead atoms. The van der Waals surface area contributed by atoms with Crippen molar-refractivity contribution >= 4 is 34.7 Å². The first-order valence-electron chi connectivity index (χ1n) is 5.83. The van der Waals surface area contributed by atoms with Crippen LogP contribution in [0, 0.1) is 4.77 Å². The van der Waals surface area contributed by atoms with E-state index < -0.39 is 0 Å². The van der Waals surface area contributed by atoms with Gasteiger partial charge in [-0.25, -0.2) is 9.38 Å². The van der Waals surface area contributed by atoms with Crippen LogP contribution in [-0.2, 0) is 6.42 Å². The van der Waals surface area contributed by atoms with Crippen molar-refractivity contribution in [1.29, 1.82) is 0 Å². The van der Waals surface area contributed by atoms with Crippen molar-refractivity contribution in [1.82, 2.24) is 19.6 Å². The smallest absolute Gasteiger partial charge is 0.265 e. The molecule has 0 atom stereocenters. The van der Waals surface area contributed by atoms with Gasteiger partial charge in [0.1, 0.15) is 0 Å². The third kappa shape index (κ3) is 1.26. The maximum Gasteiger partial charge on any atom is 0.265 e. The van der Waals surface area contributed by atoms with Gasteiger partial charge in [0.25, 0.3) is 5.56 Å². The number of aromatic amines is 2. The van der Waals surface area contributed by atoms with Gasteiger partial charge < -0.3 is 0 Å². The molecule has 2 aromatic heterocycles. The van der Waals surface area contributed by atoms with Crippen LogP contribution in [-0.4, -0.2) is 25.3 Å². The summed E-state index contributed by atoms with van der Waals surface area (Å²) >= 11 is 6.91. The Bertz CT molecular complexity index is 811. The Labute approximate surface area is 111 Å². The average Bonchev–Trinajstić information content (AvgIpc) is 2.92. The number of nitrogens with one attached hydrogen (secondary N) is 2. The zero-order valence-electron chi connectivity index (χ0n) is 9.45. The summed E-state index contributed by atoms with van der Waals surface area (Å²) in [7, 11) is 0. The van der Waals surface area contributed by atoms with Crippen LogP contribution >= 0.6 is 24.0 Å². The lowest BCUT2D eigenvalue weighted by atomic mass is 10.1. The molecular weight excluding hydrogens is 268 g/mol. The molecule has 18 heavy (non-hydrogen) atoms. The minimum atomic E-state index is -0.0347. The molecule has 0 saturated heterocycles. The molecule has 0 fully saturated rings. The van der Waals surface area contributed by atoms with E-state index in [1.54, 1.807) is 0 Å². The molecule has 2 N–H and O–H groups in total. The lowest BCUT2D eigenvalue weighted by molar-refractivity contribution is 0.880. The fraction of sp³-hybridized carbons (Fsp3) is 0.364. The van der Waals surface area contributed by atoms with Crippen LogP contribution in [0.1, 0.15) is 24.1 Å². The Balaban J connectivity index is 2.08. The maximum atomic E-state index is 12.4. The number of fused-ring (bicyclic) bond motifs is 3. The number of hydrogen-bond acceptors (Lipinski definition) is 4. The lowest BCUT2D eigenvalue weighted by Crippen LogP contribution is -2.19. The van der Waals surface area contributed by atoms with E-state index in [1.807, 2.05) is 11.8 Å². The van der Waals surface area contributed by atoms with Crippen molar-refractivity contribution in [2.75, 3.05) is 5.75 Å². The van der Waals surface area contributed by atoms with Gasteiger partial charge in [-0.3, -0.25) is 15.0 Å². The summed E-state index contributed by atoms with van der Waals surface area (Å²) < 4.78 is 1.82. The zero-order chi connectivity index (χ0) is 12.3. The molecule has 5 nitrogen and oxygen atoms in total. The highest BCUT2D eigenvalue weighted by molar-refractivity contribution is 8.08.